The first-order valence-corrected chi connectivity index (χ1v) is 8.82. The highest BCUT2D eigenvalue weighted by molar-refractivity contribution is 8.00. The lowest BCUT2D eigenvalue weighted by Crippen LogP contribution is -2.36. The predicted molar refractivity (Wildman–Crippen MR) is 89.8 cm³/mol. The Morgan fingerprint density at radius 2 is 2.29 bits per heavy atom. The maximum atomic E-state index is 12.4. The molecule has 1 aliphatic rings. The van der Waals surface area contributed by atoms with Gasteiger partial charge in [0.1, 0.15) is 0 Å². The van der Waals surface area contributed by atoms with Gasteiger partial charge in [0.2, 0.25) is 5.91 Å². The highest BCUT2D eigenvalue weighted by atomic mass is 32.2. The van der Waals surface area contributed by atoms with Crippen LogP contribution in [-0.4, -0.2) is 23.1 Å². The van der Waals surface area contributed by atoms with Crippen LogP contribution in [0.15, 0.2) is 34.5 Å². The van der Waals surface area contributed by atoms with Crippen molar-refractivity contribution in [2.75, 3.05) is 18.0 Å². The molecule has 1 amide bonds. The minimum absolute atomic E-state index is 0.207. The predicted octanol–water partition coefficient (Wildman–Crippen LogP) is 3.32. The van der Waals surface area contributed by atoms with Crippen LogP contribution in [0.3, 0.4) is 0 Å². The van der Waals surface area contributed by atoms with Crippen LogP contribution in [0.25, 0.3) is 0 Å². The van der Waals surface area contributed by atoms with Gasteiger partial charge in [-0.1, -0.05) is 6.07 Å². The van der Waals surface area contributed by atoms with E-state index in [4.69, 9.17) is 5.73 Å². The van der Waals surface area contributed by atoms with E-state index in [1.807, 2.05) is 30.0 Å². The monoisotopic (exact) mass is 318 g/mol. The summed E-state index contributed by atoms with van der Waals surface area (Å²) in [7, 11) is 0. The van der Waals surface area contributed by atoms with Crippen molar-refractivity contribution < 1.29 is 4.79 Å². The molecule has 2 heterocycles. The molecular weight excluding hydrogens is 300 g/mol. The number of nitrogens with zero attached hydrogens (tertiary/aromatic N) is 1. The molecule has 0 unspecified atom stereocenters. The van der Waals surface area contributed by atoms with Gasteiger partial charge in [0, 0.05) is 28.5 Å². The number of hydrogen-bond acceptors (Lipinski definition) is 4. The Labute approximate surface area is 133 Å². The van der Waals surface area contributed by atoms with Crippen LogP contribution < -0.4 is 5.73 Å². The summed E-state index contributed by atoms with van der Waals surface area (Å²) in [5, 5.41) is 2.11. The number of nitrogens with two attached hydrogens (primary N) is 1. The van der Waals surface area contributed by atoms with Crippen molar-refractivity contribution in [3.05, 3.63) is 45.6 Å². The van der Waals surface area contributed by atoms with Crippen LogP contribution in [0.4, 0.5) is 5.69 Å². The molecule has 3 rings (SSSR count). The van der Waals surface area contributed by atoms with E-state index in [1.165, 1.54) is 10.4 Å². The van der Waals surface area contributed by atoms with E-state index in [0.717, 1.165) is 35.7 Å². The van der Waals surface area contributed by atoms with E-state index in [-0.39, 0.29) is 5.91 Å². The number of thiophene rings is 1. The number of carbonyl (C=O) groups excluding carboxylic acids is 1. The van der Waals surface area contributed by atoms with Gasteiger partial charge in [0.05, 0.1) is 5.75 Å². The first-order chi connectivity index (χ1) is 10.1. The SMILES string of the molecule is Cc1c(N)cccc1SCC(=O)N1CCc2sccc2C1. The van der Waals surface area contributed by atoms with Crippen LogP contribution in [0.2, 0.25) is 0 Å². The number of carbonyl (C=O) groups is 1. The molecule has 0 atom stereocenters. The quantitative estimate of drug-likeness (QED) is 0.697. The fourth-order valence-electron chi connectivity index (χ4n) is 2.48. The summed E-state index contributed by atoms with van der Waals surface area (Å²) in [6.07, 6.45) is 0.987. The second-order valence-electron chi connectivity index (χ2n) is 5.19. The van der Waals surface area contributed by atoms with Gasteiger partial charge in [-0.05, 0) is 48.1 Å². The number of thioether (sulfide) groups is 1. The van der Waals surface area contributed by atoms with E-state index in [0.29, 0.717) is 5.75 Å². The topological polar surface area (TPSA) is 46.3 Å². The Kier molecular flexibility index (Phi) is 4.22. The molecule has 1 aromatic carbocycles. The molecular formula is C16H18N2OS2. The molecule has 0 saturated carbocycles. The van der Waals surface area contributed by atoms with Crippen molar-refractivity contribution in [3.63, 3.8) is 0 Å². The highest BCUT2D eigenvalue weighted by Crippen LogP contribution is 2.28. The van der Waals surface area contributed by atoms with Crippen molar-refractivity contribution >= 4 is 34.7 Å². The Balaban J connectivity index is 1.61. The third-order valence-electron chi connectivity index (χ3n) is 3.84. The van der Waals surface area contributed by atoms with E-state index in [2.05, 4.69) is 11.4 Å². The molecule has 0 radical (unpaired) electrons. The zero-order valence-corrected chi connectivity index (χ0v) is 13.6. The van der Waals surface area contributed by atoms with Crippen LogP contribution >= 0.6 is 23.1 Å². The largest absolute Gasteiger partial charge is 0.398 e. The number of benzene rings is 1. The number of rotatable bonds is 3. The minimum Gasteiger partial charge on any atom is -0.398 e. The van der Waals surface area contributed by atoms with Gasteiger partial charge in [-0.15, -0.1) is 23.1 Å². The standard InChI is InChI=1S/C16H18N2OS2/c1-11-13(17)3-2-4-14(11)21-10-16(19)18-7-5-15-12(9-18)6-8-20-15/h2-4,6,8H,5,7,9-10,17H2,1H3. The van der Waals surface area contributed by atoms with Gasteiger partial charge in [0.15, 0.2) is 0 Å². The highest BCUT2D eigenvalue weighted by Gasteiger charge is 2.21. The Morgan fingerprint density at radius 1 is 1.43 bits per heavy atom. The van der Waals surface area contributed by atoms with Crippen molar-refractivity contribution in [2.45, 2.75) is 24.8 Å². The molecule has 2 aromatic rings. The maximum absolute atomic E-state index is 12.4. The second kappa shape index (κ2) is 6.12. The average molecular weight is 318 g/mol. The third kappa shape index (κ3) is 3.09. The summed E-state index contributed by atoms with van der Waals surface area (Å²) in [4.78, 5) is 16.9. The van der Waals surface area contributed by atoms with Crippen LogP contribution in [0, 0.1) is 6.92 Å². The van der Waals surface area contributed by atoms with E-state index in [9.17, 15) is 4.79 Å². The smallest absolute Gasteiger partial charge is 0.233 e. The van der Waals surface area contributed by atoms with Crippen molar-refractivity contribution in [2.24, 2.45) is 0 Å². The van der Waals surface area contributed by atoms with Crippen LogP contribution in [0.5, 0.6) is 0 Å². The molecule has 2 N–H and O–H groups in total. The lowest BCUT2D eigenvalue weighted by Gasteiger charge is -2.27. The van der Waals surface area contributed by atoms with Crippen molar-refractivity contribution in [1.29, 1.82) is 0 Å². The summed E-state index contributed by atoms with van der Waals surface area (Å²) in [5.74, 6) is 0.683. The third-order valence-corrected chi connectivity index (χ3v) is 6.01. The number of anilines is 1. The number of nitrogen functional groups attached to an aromatic ring is 1. The molecule has 5 heteroatoms. The van der Waals surface area contributed by atoms with Crippen LogP contribution in [-0.2, 0) is 17.8 Å². The van der Waals surface area contributed by atoms with Crippen molar-refractivity contribution in [3.8, 4) is 0 Å². The Morgan fingerprint density at radius 3 is 3.14 bits per heavy atom. The minimum atomic E-state index is 0.207. The van der Waals surface area contributed by atoms with E-state index >= 15 is 0 Å². The van der Waals surface area contributed by atoms with Gasteiger partial charge in [-0.2, -0.15) is 0 Å². The van der Waals surface area contributed by atoms with Gasteiger partial charge in [0.25, 0.3) is 0 Å². The lowest BCUT2D eigenvalue weighted by molar-refractivity contribution is -0.129. The zero-order valence-electron chi connectivity index (χ0n) is 12.0. The second-order valence-corrected chi connectivity index (χ2v) is 7.21. The fourth-order valence-corrected chi connectivity index (χ4v) is 4.34. The summed E-state index contributed by atoms with van der Waals surface area (Å²) >= 11 is 3.37. The van der Waals surface area contributed by atoms with E-state index < -0.39 is 0 Å². The molecule has 110 valence electrons. The molecule has 1 aromatic heterocycles. The molecule has 0 spiro atoms. The summed E-state index contributed by atoms with van der Waals surface area (Å²) in [5.41, 5.74) is 9.06. The van der Waals surface area contributed by atoms with Gasteiger partial charge >= 0.3 is 0 Å². The summed E-state index contributed by atoms with van der Waals surface area (Å²) in [6.45, 7) is 3.59. The van der Waals surface area contributed by atoms with Gasteiger partial charge < -0.3 is 10.6 Å². The first kappa shape index (κ1) is 14.5. The molecule has 0 aliphatic carbocycles. The van der Waals surface area contributed by atoms with Crippen LogP contribution in [0.1, 0.15) is 16.0 Å². The maximum Gasteiger partial charge on any atom is 0.233 e. The fraction of sp³-hybridized carbons (Fsp3) is 0.312. The Hall–Kier alpha value is -1.46. The summed E-state index contributed by atoms with van der Waals surface area (Å²) in [6, 6.07) is 7.99. The molecule has 0 fully saturated rings. The average Bonchev–Trinajstić information content (AvgIpc) is 2.96. The van der Waals surface area contributed by atoms with Gasteiger partial charge in [-0.25, -0.2) is 0 Å². The summed E-state index contributed by atoms with van der Waals surface area (Å²) < 4.78 is 0. The lowest BCUT2D eigenvalue weighted by atomic mass is 10.1. The normalized spacial score (nSPS) is 14.0. The molecule has 0 saturated heterocycles. The Bertz CT molecular complexity index is 666. The van der Waals surface area contributed by atoms with Crippen molar-refractivity contribution in [1.82, 2.24) is 4.90 Å². The number of fused-ring (bicyclic) bond motifs is 1. The molecule has 21 heavy (non-hydrogen) atoms. The van der Waals surface area contributed by atoms with E-state index in [1.54, 1.807) is 23.1 Å². The molecule has 1 aliphatic heterocycles. The molecule has 0 bridgehead atoms. The number of amides is 1. The molecule has 3 nitrogen and oxygen atoms in total. The van der Waals surface area contributed by atoms with Gasteiger partial charge in [-0.3, -0.25) is 4.79 Å². The first-order valence-electron chi connectivity index (χ1n) is 6.96. The number of hydrogen-bond donors (Lipinski definition) is 1. The zero-order chi connectivity index (χ0) is 14.8.